The second kappa shape index (κ2) is 6.58. The third kappa shape index (κ3) is 3.21. The van der Waals surface area contributed by atoms with Gasteiger partial charge in [-0.05, 0) is 24.6 Å². The van der Waals surface area contributed by atoms with Gasteiger partial charge in [-0.1, -0.05) is 36.3 Å². The lowest BCUT2D eigenvalue weighted by atomic mass is 10.1. The van der Waals surface area contributed by atoms with Gasteiger partial charge in [0, 0.05) is 6.20 Å². The van der Waals surface area contributed by atoms with E-state index in [2.05, 4.69) is 11.2 Å². The highest BCUT2D eigenvalue weighted by Crippen LogP contribution is 2.15. The fourth-order valence-electron chi connectivity index (χ4n) is 2.11. The standard InChI is InChI=1S/C17H16N2O2/c1-3-11-18-16(20)15-10-7-12-19(17(15)21)13(2)14-8-5-4-6-9-14/h1,4-10,12-13H,11H2,2H3,(H,18,20)/t13-/m1/s1. The van der Waals surface area contributed by atoms with Crippen LogP contribution >= 0.6 is 0 Å². The quantitative estimate of drug-likeness (QED) is 0.869. The van der Waals surface area contributed by atoms with Gasteiger partial charge in [0.1, 0.15) is 5.56 Å². The molecule has 1 aromatic heterocycles. The van der Waals surface area contributed by atoms with Crippen LogP contribution in [0.15, 0.2) is 53.5 Å². The minimum atomic E-state index is -0.451. The molecule has 0 saturated heterocycles. The molecule has 0 bridgehead atoms. The topological polar surface area (TPSA) is 51.1 Å². The van der Waals surface area contributed by atoms with Crippen LogP contribution in [-0.4, -0.2) is 17.0 Å². The number of carbonyl (C=O) groups excluding carboxylic acids is 1. The number of amides is 1. The number of nitrogens with one attached hydrogen (secondary N) is 1. The van der Waals surface area contributed by atoms with Gasteiger partial charge in [-0.3, -0.25) is 9.59 Å². The summed E-state index contributed by atoms with van der Waals surface area (Å²) < 4.78 is 1.54. The number of hydrogen-bond acceptors (Lipinski definition) is 2. The highest BCUT2D eigenvalue weighted by atomic mass is 16.2. The van der Waals surface area contributed by atoms with Crippen molar-refractivity contribution in [2.45, 2.75) is 13.0 Å². The summed E-state index contributed by atoms with van der Waals surface area (Å²) in [5.41, 5.74) is 0.764. The van der Waals surface area contributed by atoms with E-state index in [0.717, 1.165) is 5.56 Å². The fourth-order valence-corrected chi connectivity index (χ4v) is 2.11. The Hall–Kier alpha value is -2.80. The predicted octanol–water partition coefficient (Wildman–Crippen LogP) is 1.82. The van der Waals surface area contributed by atoms with Gasteiger partial charge in [0.2, 0.25) is 0 Å². The molecule has 21 heavy (non-hydrogen) atoms. The molecule has 1 aromatic carbocycles. The maximum atomic E-state index is 12.4. The van der Waals surface area contributed by atoms with Crippen molar-refractivity contribution < 1.29 is 4.79 Å². The van der Waals surface area contributed by atoms with Crippen molar-refractivity contribution in [2.24, 2.45) is 0 Å². The van der Waals surface area contributed by atoms with Crippen LogP contribution in [0.4, 0.5) is 0 Å². The second-order valence-corrected chi connectivity index (χ2v) is 4.61. The molecule has 1 atom stereocenters. The molecule has 0 fully saturated rings. The van der Waals surface area contributed by atoms with Crippen molar-refractivity contribution in [3.63, 3.8) is 0 Å². The van der Waals surface area contributed by atoms with Gasteiger partial charge in [0.25, 0.3) is 11.5 Å². The Balaban J connectivity index is 2.37. The van der Waals surface area contributed by atoms with Gasteiger partial charge < -0.3 is 9.88 Å². The third-order valence-corrected chi connectivity index (χ3v) is 3.27. The van der Waals surface area contributed by atoms with Crippen molar-refractivity contribution in [1.29, 1.82) is 0 Å². The Morgan fingerprint density at radius 3 is 2.67 bits per heavy atom. The summed E-state index contributed by atoms with van der Waals surface area (Å²) >= 11 is 0. The van der Waals surface area contributed by atoms with Gasteiger partial charge in [0.15, 0.2) is 0 Å². The van der Waals surface area contributed by atoms with E-state index in [9.17, 15) is 9.59 Å². The Bertz CT molecular complexity index is 726. The summed E-state index contributed by atoms with van der Waals surface area (Å²) in [5, 5.41) is 2.51. The molecular weight excluding hydrogens is 264 g/mol. The van der Waals surface area contributed by atoms with Crippen molar-refractivity contribution >= 4 is 5.91 Å². The number of aromatic nitrogens is 1. The molecule has 0 spiro atoms. The molecular formula is C17H16N2O2. The molecule has 1 heterocycles. The molecule has 0 unspecified atom stereocenters. The lowest BCUT2D eigenvalue weighted by molar-refractivity contribution is 0.0956. The van der Waals surface area contributed by atoms with Crippen LogP contribution in [0.25, 0.3) is 0 Å². The molecule has 106 valence electrons. The summed E-state index contributed by atoms with van der Waals surface area (Å²) in [6, 6.07) is 12.7. The molecule has 0 radical (unpaired) electrons. The molecule has 2 rings (SSSR count). The SMILES string of the molecule is C#CCNC(=O)c1cccn([C@H](C)c2ccccc2)c1=O. The van der Waals surface area contributed by atoms with Gasteiger partial charge in [0.05, 0.1) is 12.6 Å². The molecule has 0 saturated carbocycles. The van der Waals surface area contributed by atoms with Crippen molar-refractivity contribution in [1.82, 2.24) is 9.88 Å². The monoisotopic (exact) mass is 280 g/mol. The molecule has 4 heteroatoms. The fraction of sp³-hybridized carbons (Fsp3) is 0.176. The van der Waals surface area contributed by atoms with Gasteiger partial charge in [-0.2, -0.15) is 0 Å². The van der Waals surface area contributed by atoms with Crippen molar-refractivity contribution in [3.05, 3.63) is 70.1 Å². The molecule has 1 amide bonds. The Morgan fingerprint density at radius 2 is 2.00 bits per heavy atom. The van der Waals surface area contributed by atoms with Crippen LogP contribution in [0, 0.1) is 12.3 Å². The van der Waals surface area contributed by atoms with E-state index in [0.29, 0.717) is 0 Å². The van der Waals surface area contributed by atoms with Crippen molar-refractivity contribution in [2.75, 3.05) is 6.54 Å². The van der Waals surface area contributed by atoms with Gasteiger partial charge >= 0.3 is 0 Å². The number of rotatable bonds is 4. The Morgan fingerprint density at radius 1 is 1.29 bits per heavy atom. The van der Waals surface area contributed by atoms with E-state index in [1.54, 1.807) is 16.8 Å². The maximum absolute atomic E-state index is 12.4. The predicted molar refractivity (Wildman–Crippen MR) is 82.1 cm³/mol. The number of nitrogens with zero attached hydrogens (tertiary/aromatic N) is 1. The lowest BCUT2D eigenvalue weighted by Gasteiger charge is -2.16. The highest BCUT2D eigenvalue weighted by molar-refractivity contribution is 5.93. The van der Waals surface area contributed by atoms with E-state index in [1.165, 1.54) is 6.07 Å². The average molecular weight is 280 g/mol. The first-order valence-electron chi connectivity index (χ1n) is 6.63. The third-order valence-electron chi connectivity index (χ3n) is 3.27. The summed E-state index contributed by atoms with van der Waals surface area (Å²) in [7, 11) is 0. The summed E-state index contributed by atoms with van der Waals surface area (Å²) in [4.78, 5) is 24.4. The van der Waals surface area contributed by atoms with Gasteiger partial charge in [-0.25, -0.2) is 0 Å². The van der Waals surface area contributed by atoms with Crippen LogP contribution in [0.2, 0.25) is 0 Å². The number of benzene rings is 1. The Kier molecular flexibility index (Phi) is 4.57. The van der Waals surface area contributed by atoms with Crippen LogP contribution in [0.3, 0.4) is 0 Å². The van der Waals surface area contributed by atoms with Crippen LogP contribution in [0.1, 0.15) is 28.9 Å². The highest BCUT2D eigenvalue weighted by Gasteiger charge is 2.15. The van der Waals surface area contributed by atoms with E-state index in [-0.39, 0.29) is 23.7 Å². The normalized spacial score (nSPS) is 11.4. The molecule has 0 aliphatic rings. The number of carbonyl (C=O) groups is 1. The maximum Gasteiger partial charge on any atom is 0.263 e. The lowest BCUT2D eigenvalue weighted by Crippen LogP contribution is -2.34. The van der Waals surface area contributed by atoms with E-state index < -0.39 is 5.91 Å². The number of terminal acetylenes is 1. The van der Waals surface area contributed by atoms with E-state index in [1.807, 2.05) is 37.3 Å². The summed E-state index contributed by atoms with van der Waals surface area (Å²) in [5.74, 6) is 1.86. The largest absolute Gasteiger partial charge is 0.341 e. The molecule has 2 aromatic rings. The minimum Gasteiger partial charge on any atom is -0.341 e. The molecule has 0 aliphatic carbocycles. The first-order chi connectivity index (χ1) is 10.1. The van der Waals surface area contributed by atoms with E-state index >= 15 is 0 Å². The molecule has 4 nitrogen and oxygen atoms in total. The van der Waals surface area contributed by atoms with Gasteiger partial charge in [-0.15, -0.1) is 6.42 Å². The average Bonchev–Trinajstić information content (AvgIpc) is 2.53. The first kappa shape index (κ1) is 14.6. The first-order valence-corrected chi connectivity index (χ1v) is 6.63. The zero-order chi connectivity index (χ0) is 15.2. The zero-order valence-electron chi connectivity index (χ0n) is 11.7. The zero-order valence-corrected chi connectivity index (χ0v) is 11.7. The van der Waals surface area contributed by atoms with Crippen LogP contribution in [0.5, 0.6) is 0 Å². The summed E-state index contributed by atoms with van der Waals surface area (Å²) in [6.45, 7) is 2.02. The Labute approximate surface area is 123 Å². The number of hydrogen-bond donors (Lipinski definition) is 1. The summed E-state index contributed by atoms with van der Waals surface area (Å²) in [6.07, 6.45) is 6.78. The second-order valence-electron chi connectivity index (χ2n) is 4.61. The van der Waals surface area contributed by atoms with Crippen molar-refractivity contribution in [3.8, 4) is 12.3 Å². The van der Waals surface area contributed by atoms with Crippen LogP contribution in [-0.2, 0) is 0 Å². The molecule has 1 N–H and O–H groups in total. The van der Waals surface area contributed by atoms with Crippen LogP contribution < -0.4 is 10.9 Å². The smallest absolute Gasteiger partial charge is 0.263 e. The minimum absolute atomic E-state index is 0.0931. The van der Waals surface area contributed by atoms with E-state index in [4.69, 9.17) is 6.42 Å². The number of pyridine rings is 1. The molecule has 0 aliphatic heterocycles.